The van der Waals surface area contributed by atoms with E-state index < -0.39 is 0 Å². The Kier molecular flexibility index (Phi) is 8.17. The molecular weight excluding hydrogens is 242 g/mol. The van der Waals surface area contributed by atoms with Crippen LogP contribution in [0.3, 0.4) is 0 Å². The first-order valence-electron chi connectivity index (χ1n) is 9.30. The molecule has 1 heteroatoms. The van der Waals surface area contributed by atoms with E-state index in [0.29, 0.717) is 6.04 Å². The Morgan fingerprint density at radius 2 is 1.40 bits per heavy atom. The van der Waals surface area contributed by atoms with E-state index in [0.717, 1.165) is 29.6 Å². The Morgan fingerprint density at radius 3 is 1.90 bits per heavy atom. The van der Waals surface area contributed by atoms with Crippen LogP contribution >= 0.6 is 0 Å². The topological polar surface area (TPSA) is 26.0 Å². The summed E-state index contributed by atoms with van der Waals surface area (Å²) in [5.41, 5.74) is 6.36. The molecule has 1 fully saturated rings. The van der Waals surface area contributed by atoms with Gasteiger partial charge in [0.25, 0.3) is 0 Å². The normalized spacial score (nSPS) is 29.7. The second-order valence-electron chi connectivity index (χ2n) is 7.45. The van der Waals surface area contributed by atoms with Crippen LogP contribution in [0.1, 0.15) is 86.0 Å². The van der Waals surface area contributed by atoms with Gasteiger partial charge in [0.1, 0.15) is 0 Å². The maximum Gasteiger partial charge on any atom is 0.00672 e. The van der Waals surface area contributed by atoms with E-state index in [4.69, 9.17) is 5.73 Å². The molecule has 120 valence electrons. The van der Waals surface area contributed by atoms with Crippen LogP contribution in [0.5, 0.6) is 0 Å². The minimum Gasteiger partial charge on any atom is -0.327 e. The smallest absolute Gasteiger partial charge is 0.00672 e. The van der Waals surface area contributed by atoms with Gasteiger partial charge in [-0.3, -0.25) is 0 Å². The van der Waals surface area contributed by atoms with Crippen molar-refractivity contribution in [3.05, 3.63) is 0 Å². The van der Waals surface area contributed by atoms with Crippen molar-refractivity contribution in [1.82, 2.24) is 0 Å². The first-order valence-corrected chi connectivity index (χ1v) is 9.30. The van der Waals surface area contributed by atoms with Gasteiger partial charge in [-0.05, 0) is 48.9 Å². The molecule has 0 heterocycles. The molecule has 1 aliphatic carbocycles. The molecule has 1 nitrogen and oxygen atoms in total. The zero-order valence-corrected chi connectivity index (χ0v) is 14.7. The third kappa shape index (κ3) is 4.76. The first kappa shape index (κ1) is 18.0. The first-order chi connectivity index (χ1) is 9.54. The van der Waals surface area contributed by atoms with Crippen LogP contribution in [0.4, 0.5) is 0 Å². The Hall–Kier alpha value is -0.0400. The molecule has 20 heavy (non-hydrogen) atoms. The highest BCUT2D eigenvalue weighted by Crippen LogP contribution is 2.38. The molecule has 0 aliphatic heterocycles. The van der Waals surface area contributed by atoms with E-state index >= 15 is 0 Å². The highest BCUT2D eigenvalue weighted by molar-refractivity contribution is 4.83. The van der Waals surface area contributed by atoms with Gasteiger partial charge >= 0.3 is 0 Å². The van der Waals surface area contributed by atoms with E-state index in [9.17, 15) is 0 Å². The standard InChI is InChI=1S/C19H39N/c1-6-14(4)17(7-2)18(8-3)15(5)13-16-11-9-10-12-19(16)20/h14-19H,6-13,20H2,1-5H3. The lowest BCUT2D eigenvalue weighted by atomic mass is 9.68. The summed E-state index contributed by atoms with van der Waals surface area (Å²) < 4.78 is 0. The van der Waals surface area contributed by atoms with Crippen LogP contribution in [0.15, 0.2) is 0 Å². The van der Waals surface area contributed by atoms with Crippen molar-refractivity contribution in [2.75, 3.05) is 0 Å². The van der Waals surface area contributed by atoms with Crippen LogP contribution in [0, 0.1) is 29.6 Å². The Balaban J connectivity index is 2.62. The lowest BCUT2D eigenvalue weighted by Crippen LogP contribution is -2.36. The maximum atomic E-state index is 6.36. The minimum atomic E-state index is 0.479. The lowest BCUT2D eigenvalue weighted by Gasteiger charge is -2.38. The number of rotatable bonds is 8. The minimum absolute atomic E-state index is 0.479. The lowest BCUT2D eigenvalue weighted by molar-refractivity contribution is 0.131. The molecule has 1 rings (SSSR count). The van der Waals surface area contributed by atoms with Gasteiger partial charge in [0.05, 0.1) is 0 Å². The van der Waals surface area contributed by atoms with Crippen LogP contribution in [0.2, 0.25) is 0 Å². The molecule has 0 aromatic heterocycles. The van der Waals surface area contributed by atoms with Crippen LogP contribution in [0.25, 0.3) is 0 Å². The highest BCUT2D eigenvalue weighted by atomic mass is 14.7. The zero-order chi connectivity index (χ0) is 15.1. The third-order valence-corrected chi connectivity index (χ3v) is 6.24. The van der Waals surface area contributed by atoms with Gasteiger partial charge in [-0.15, -0.1) is 0 Å². The molecule has 0 amide bonds. The number of hydrogen-bond acceptors (Lipinski definition) is 1. The predicted octanol–water partition coefficient (Wildman–Crippen LogP) is 5.63. The fourth-order valence-corrected chi connectivity index (χ4v) is 4.74. The average Bonchev–Trinajstić information content (AvgIpc) is 2.46. The van der Waals surface area contributed by atoms with Crippen molar-refractivity contribution in [2.24, 2.45) is 35.3 Å². The summed E-state index contributed by atoms with van der Waals surface area (Å²) in [5, 5.41) is 0. The quantitative estimate of drug-likeness (QED) is 0.613. The van der Waals surface area contributed by atoms with E-state index in [1.807, 2.05) is 0 Å². The van der Waals surface area contributed by atoms with Gasteiger partial charge in [-0.2, -0.15) is 0 Å². The van der Waals surface area contributed by atoms with Crippen molar-refractivity contribution in [3.63, 3.8) is 0 Å². The fourth-order valence-electron chi connectivity index (χ4n) is 4.74. The summed E-state index contributed by atoms with van der Waals surface area (Å²) in [7, 11) is 0. The monoisotopic (exact) mass is 281 g/mol. The van der Waals surface area contributed by atoms with Gasteiger partial charge < -0.3 is 5.73 Å². The molecule has 2 N–H and O–H groups in total. The Labute approximate surface area is 128 Å². The van der Waals surface area contributed by atoms with Gasteiger partial charge in [0.2, 0.25) is 0 Å². The summed E-state index contributed by atoms with van der Waals surface area (Å²) in [5.74, 6) is 4.30. The molecule has 0 radical (unpaired) electrons. The summed E-state index contributed by atoms with van der Waals surface area (Å²) >= 11 is 0. The predicted molar refractivity (Wildman–Crippen MR) is 90.7 cm³/mol. The molecule has 0 spiro atoms. The highest BCUT2D eigenvalue weighted by Gasteiger charge is 2.31. The van der Waals surface area contributed by atoms with Crippen LogP contribution in [-0.4, -0.2) is 6.04 Å². The molecular formula is C19H39N. The van der Waals surface area contributed by atoms with E-state index in [1.54, 1.807) is 0 Å². The summed E-state index contributed by atoms with van der Waals surface area (Å²) in [6.45, 7) is 12.1. The fraction of sp³-hybridized carbons (Fsp3) is 1.00. The molecule has 0 aromatic carbocycles. The molecule has 6 unspecified atom stereocenters. The third-order valence-electron chi connectivity index (χ3n) is 6.24. The van der Waals surface area contributed by atoms with Gasteiger partial charge in [0, 0.05) is 6.04 Å². The van der Waals surface area contributed by atoms with Gasteiger partial charge in [-0.25, -0.2) is 0 Å². The molecule has 0 aromatic rings. The molecule has 0 saturated heterocycles. The largest absolute Gasteiger partial charge is 0.327 e. The molecule has 1 saturated carbocycles. The Morgan fingerprint density at radius 1 is 0.850 bits per heavy atom. The average molecular weight is 282 g/mol. The van der Waals surface area contributed by atoms with Crippen molar-refractivity contribution in [1.29, 1.82) is 0 Å². The van der Waals surface area contributed by atoms with Gasteiger partial charge in [0.15, 0.2) is 0 Å². The summed E-state index contributed by atoms with van der Waals surface area (Å²) in [6.07, 6.45) is 10.8. The van der Waals surface area contributed by atoms with Crippen LogP contribution < -0.4 is 5.73 Å². The number of nitrogens with two attached hydrogens (primary N) is 1. The molecule has 1 aliphatic rings. The van der Waals surface area contributed by atoms with Crippen molar-refractivity contribution >= 4 is 0 Å². The molecule has 6 atom stereocenters. The van der Waals surface area contributed by atoms with E-state index in [2.05, 4.69) is 34.6 Å². The molecule has 0 bridgehead atoms. The maximum absolute atomic E-state index is 6.36. The second kappa shape index (κ2) is 9.07. The second-order valence-corrected chi connectivity index (χ2v) is 7.45. The zero-order valence-electron chi connectivity index (χ0n) is 14.7. The van der Waals surface area contributed by atoms with Crippen molar-refractivity contribution in [3.8, 4) is 0 Å². The number of hydrogen-bond donors (Lipinski definition) is 1. The van der Waals surface area contributed by atoms with Crippen LogP contribution in [-0.2, 0) is 0 Å². The van der Waals surface area contributed by atoms with Gasteiger partial charge in [-0.1, -0.05) is 66.7 Å². The summed E-state index contributed by atoms with van der Waals surface area (Å²) in [6, 6.07) is 0.479. The van der Waals surface area contributed by atoms with Crippen molar-refractivity contribution < 1.29 is 0 Å². The summed E-state index contributed by atoms with van der Waals surface area (Å²) in [4.78, 5) is 0. The van der Waals surface area contributed by atoms with E-state index in [1.165, 1.54) is 51.4 Å². The van der Waals surface area contributed by atoms with E-state index in [-0.39, 0.29) is 0 Å². The SMILES string of the molecule is CCC(C)C(CC)C(CC)C(C)CC1CCCCC1N. The Bertz CT molecular complexity index is 250. The van der Waals surface area contributed by atoms with Crippen molar-refractivity contribution in [2.45, 2.75) is 92.0 Å².